The Morgan fingerprint density at radius 1 is 1.26 bits per heavy atom. The van der Waals surface area contributed by atoms with Crippen molar-refractivity contribution in [1.29, 1.82) is 0 Å². The molecule has 2 saturated heterocycles. The summed E-state index contributed by atoms with van der Waals surface area (Å²) in [7, 11) is -0.151. The summed E-state index contributed by atoms with van der Waals surface area (Å²) in [6, 6.07) is -0.897. The lowest BCUT2D eigenvalue weighted by Crippen LogP contribution is -2.63. The maximum atomic E-state index is 12.4. The van der Waals surface area contributed by atoms with Crippen LogP contribution in [0.4, 0.5) is 0 Å². The highest BCUT2D eigenvalue weighted by Crippen LogP contribution is 2.30. The van der Waals surface area contributed by atoms with Crippen molar-refractivity contribution >= 4 is 21.9 Å². The summed E-state index contributed by atoms with van der Waals surface area (Å²) < 4.78 is 26.0. The summed E-state index contributed by atoms with van der Waals surface area (Å²) in [6.07, 6.45) is 0.613. The predicted octanol–water partition coefficient (Wildman–Crippen LogP) is -0.523. The number of carboxylic acid groups (broad SMARTS) is 1. The monoisotopic (exact) mass is 347 g/mol. The highest BCUT2D eigenvalue weighted by atomic mass is 32.2. The van der Waals surface area contributed by atoms with E-state index in [9.17, 15) is 23.1 Å². The Morgan fingerprint density at radius 3 is 2.17 bits per heavy atom. The summed E-state index contributed by atoms with van der Waals surface area (Å²) in [6.45, 7) is 4.52. The van der Waals surface area contributed by atoms with E-state index in [1.54, 1.807) is 25.8 Å². The minimum atomic E-state index is -3.39. The zero-order valence-corrected chi connectivity index (χ0v) is 14.8. The summed E-state index contributed by atoms with van der Waals surface area (Å²) in [4.78, 5) is 26.7. The van der Waals surface area contributed by atoms with Crippen molar-refractivity contribution in [3.05, 3.63) is 0 Å². The number of hydrogen-bond acceptors (Lipinski definition) is 5. The molecule has 1 N–H and O–H groups in total. The smallest absolute Gasteiger partial charge is 0.326 e. The highest BCUT2D eigenvalue weighted by molar-refractivity contribution is 7.89. The van der Waals surface area contributed by atoms with Crippen LogP contribution < -0.4 is 0 Å². The maximum absolute atomic E-state index is 12.4. The van der Waals surface area contributed by atoms with Crippen LogP contribution in [0.3, 0.4) is 0 Å². The van der Waals surface area contributed by atoms with Gasteiger partial charge in [-0.25, -0.2) is 13.2 Å². The van der Waals surface area contributed by atoms with Crippen LogP contribution in [0, 0.1) is 11.8 Å². The molecule has 2 aliphatic rings. The average molecular weight is 347 g/mol. The van der Waals surface area contributed by atoms with Gasteiger partial charge in [-0.1, -0.05) is 13.8 Å². The van der Waals surface area contributed by atoms with Crippen molar-refractivity contribution in [3.63, 3.8) is 0 Å². The third kappa shape index (κ3) is 3.22. The van der Waals surface area contributed by atoms with E-state index < -0.39 is 33.3 Å². The van der Waals surface area contributed by atoms with Crippen LogP contribution in [-0.4, -0.2) is 84.7 Å². The number of likely N-dealkylation sites (tertiary alicyclic amines) is 1. The van der Waals surface area contributed by atoms with Crippen LogP contribution >= 0.6 is 0 Å². The molecule has 0 aromatic carbocycles. The first-order valence-corrected chi connectivity index (χ1v) is 9.26. The lowest BCUT2D eigenvalue weighted by molar-refractivity contribution is -0.154. The molecule has 8 nitrogen and oxygen atoms in total. The quantitative estimate of drug-likeness (QED) is 0.694. The van der Waals surface area contributed by atoms with Gasteiger partial charge in [0, 0.05) is 26.7 Å². The van der Waals surface area contributed by atoms with Crippen LogP contribution in [0.1, 0.15) is 20.3 Å². The molecule has 23 heavy (non-hydrogen) atoms. The number of carbonyl (C=O) groups is 2. The average Bonchev–Trinajstić information content (AvgIpc) is 2.32. The number of hydrogen-bond donors (Lipinski definition) is 1. The van der Waals surface area contributed by atoms with Gasteiger partial charge in [-0.15, -0.1) is 0 Å². The van der Waals surface area contributed by atoms with Gasteiger partial charge in [0.1, 0.15) is 11.4 Å². The molecule has 1 amide bonds. The van der Waals surface area contributed by atoms with Crippen molar-refractivity contribution in [2.45, 2.75) is 31.7 Å². The molecule has 2 atom stereocenters. The molecule has 132 valence electrons. The lowest BCUT2D eigenvalue weighted by Gasteiger charge is -2.45. The molecular weight excluding hydrogens is 322 g/mol. The van der Waals surface area contributed by atoms with E-state index in [4.69, 9.17) is 0 Å². The molecule has 0 radical (unpaired) electrons. The molecule has 0 aliphatic carbocycles. The molecular formula is C14H25N3O5S. The van der Waals surface area contributed by atoms with Crippen LogP contribution in [0.25, 0.3) is 0 Å². The second-order valence-electron chi connectivity index (χ2n) is 6.76. The van der Waals surface area contributed by atoms with Gasteiger partial charge in [0.15, 0.2) is 0 Å². The minimum Gasteiger partial charge on any atom is -0.480 e. The summed E-state index contributed by atoms with van der Waals surface area (Å²) >= 11 is 0. The Morgan fingerprint density at radius 2 is 1.83 bits per heavy atom. The van der Waals surface area contributed by atoms with Crippen molar-refractivity contribution < 1.29 is 23.1 Å². The molecule has 0 aromatic heterocycles. The van der Waals surface area contributed by atoms with E-state index in [0.29, 0.717) is 6.42 Å². The Balaban J connectivity index is 1.96. The molecule has 2 heterocycles. The van der Waals surface area contributed by atoms with Crippen molar-refractivity contribution in [2.75, 3.05) is 33.7 Å². The van der Waals surface area contributed by atoms with E-state index in [-0.39, 0.29) is 24.9 Å². The molecule has 2 aliphatic heterocycles. The topological polar surface area (TPSA) is 98.2 Å². The van der Waals surface area contributed by atoms with E-state index in [1.807, 2.05) is 0 Å². The Kier molecular flexibility index (Phi) is 5.03. The van der Waals surface area contributed by atoms with Crippen molar-refractivity contribution in [1.82, 2.24) is 14.1 Å². The van der Waals surface area contributed by atoms with Gasteiger partial charge in [-0.3, -0.25) is 9.69 Å². The van der Waals surface area contributed by atoms with Crippen molar-refractivity contribution in [2.24, 2.45) is 11.8 Å². The summed E-state index contributed by atoms with van der Waals surface area (Å²) in [5, 5.41) is 8.77. The first-order valence-electron chi connectivity index (χ1n) is 7.76. The third-order valence-corrected chi connectivity index (χ3v) is 7.07. The van der Waals surface area contributed by atoms with Gasteiger partial charge in [-0.2, -0.15) is 4.31 Å². The lowest BCUT2D eigenvalue weighted by atomic mass is 9.97. The van der Waals surface area contributed by atoms with Crippen LogP contribution in [0.2, 0.25) is 0 Å². The number of rotatable bonds is 6. The predicted molar refractivity (Wildman–Crippen MR) is 84.0 cm³/mol. The molecule has 2 rings (SSSR count). The Hall–Kier alpha value is -1.19. The molecule has 0 spiro atoms. The second kappa shape index (κ2) is 6.37. The van der Waals surface area contributed by atoms with Crippen molar-refractivity contribution in [3.8, 4) is 0 Å². The van der Waals surface area contributed by atoms with E-state index in [2.05, 4.69) is 0 Å². The number of carboxylic acids is 1. The van der Waals surface area contributed by atoms with Gasteiger partial charge in [0.05, 0.1) is 5.92 Å². The SMILES string of the molecule is CC(C)[C@@H](C(=O)O)N(C)C(=O)C1CN(S(=O)(=O)[C@@H]2CCN2C)C1. The zero-order valence-electron chi connectivity index (χ0n) is 14.0. The van der Waals surface area contributed by atoms with Crippen LogP contribution in [0.15, 0.2) is 0 Å². The number of carbonyl (C=O) groups excluding carboxylic acids is 1. The molecule has 0 unspecified atom stereocenters. The van der Waals surface area contributed by atoms with Gasteiger partial charge >= 0.3 is 5.97 Å². The highest BCUT2D eigenvalue weighted by Gasteiger charge is 2.48. The molecule has 0 aromatic rings. The molecule has 0 bridgehead atoms. The molecule has 2 fully saturated rings. The molecule has 0 saturated carbocycles. The summed E-state index contributed by atoms with van der Waals surface area (Å²) in [5.74, 6) is -2.03. The van der Waals surface area contributed by atoms with E-state index >= 15 is 0 Å². The molecule has 9 heteroatoms. The number of nitrogens with zero attached hydrogens (tertiary/aromatic N) is 3. The summed E-state index contributed by atoms with van der Waals surface area (Å²) in [5.41, 5.74) is 0. The first-order chi connectivity index (χ1) is 10.6. The third-order valence-electron chi connectivity index (χ3n) is 4.77. The fraction of sp³-hybridized carbons (Fsp3) is 0.857. The minimum absolute atomic E-state index is 0.139. The fourth-order valence-electron chi connectivity index (χ4n) is 3.17. The zero-order chi connectivity index (χ0) is 17.5. The Labute approximate surface area is 137 Å². The standard InChI is InChI=1S/C14H25N3O5S/c1-9(2)12(14(19)20)16(4)13(18)10-7-17(8-10)23(21,22)11-5-6-15(11)3/h9-12H,5-8H2,1-4H3,(H,19,20)/t11-,12+/m1/s1. The van der Waals surface area contributed by atoms with E-state index in [1.165, 1.54) is 16.3 Å². The van der Waals surface area contributed by atoms with Crippen LogP contribution in [0.5, 0.6) is 0 Å². The largest absolute Gasteiger partial charge is 0.480 e. The number of aliphatic carboxylic acids is 1. The fourth-order valence-corrected chi connectivity index (χ4v) is 5.25. The first kappa shape index (κ1) is 18.2. The second-order valence-corrected chi connectivity index (χ2v) is 8.85. The van der Waals surface area contributed by atoms with Gasteiger partial charge in [-0.05, 0) is 19.4 Å². The van der Waals surface area contributed by atoms with Gasteiger partial charge in [0.25, 0.3) is 0 Å². The normalized spacial score (nSPS) is 24.8. The number of amides is 1. The van der Waals surface area contributed by atoms with Gasteiger partial charge < -0.3 is 10.0 Å². The van der Waals surface area contributed by atoms with Gasteiger partial charge in [0.2, 0.25) is 15.9 Å². The van der Waals surface area contributed by atoms with Crippen LogP contribution in [-0.2, 0) is 19.6 Å². The maximum Gasteiger partial charge on any atom is 0.326 e. The Bertz CT molecular complexity index is 585. The van der Waals surface area contributed by atoms with E-state index in [0.717, 1.165) is 6.54 Å². The number of likely N-dealkylation sites (N-methyl/N-ethyl adjacent to an activating group) is 1. The number of sulfonamides is 1.